The topological polar surface area (TPSA) is 175 Å². The Bertz CT molecular complexity index is 1790. The van der Waals surface area contributed by atoms with E-state index in [-0.39, 0.29) is 25.9 Å². The third-order valence-corrected chi connectivity index (χ3v) is 13.3. The fourth-order valence-electron chi connectivity index (χ4n) is 8.64. The van der Waals surface area contributed by atoms with Crippen LogP contribution in [0.15, 0.2) is 109 Å². The molecule has 12 heteroatoms. The highest BCUT2D eigenvalue weighted by Gasteiger charge is 2.50. The van der Waals surface area contributed by atoms with E-state index in [1.807, 2.05) is 0 Å². The number of aliphatic carboxylic acids is 1. The number of unbranched alkanes of at least 4 members (excludes halogenated alkanes) is 19. The van der Waals surface area contributed by atoms with E-state index in [1.165, 1.54) is 25.7 Å². The van der Waals surface area contributed by atoms with E-state index in [1.54, 1.807) is 0 Å². The second-order valence-electron chi connectivity index (χ2n) is 20.6. The van der Waals surface area contributed by atoms with Gasteiger partial charge in [-0.25, -0.2) is 4.79 Å². The molecular weight excluding hydrogens is 997 g/mol. The molecule has 0 aliphatic carbocycles. The number of carboxylic acids is 1. The Hall–Kier alpha value is -4.62. The number of aliphatic hydroxyl groups excluding tert-OH is 2. The lowest BCUT2D eigenvalue weighted by Gasteiger charge is -2.40. The molecule has 0 bridgehead atoms. The molecule has 3 N–H and O–H groups in total. The van der Waals surface area contributed by atoms with Crippen molar-refractivity contribution in [3.8, 4) is 0 Å². The minimum Gasteiger partial charge on any atom is -0.479 e. The van der Waals surface area contributed by atoms with Gasteiger partial charge in [-0.2, -0.15) is 0 Å². The first-order valence-corrected chi connectivity index (χ1v) is 30.9. The van der Waals surface area contributed by atoms with E-state index in [2.05, 4.69) is 130 Å². The number of ether oxygens (including phenoxy) is 5. The molecule has 1 heterocycles. The van der Waals surface area contributed by atoms with Gasteiger partial charge in [-0.1, -0.05) is 207 Å². The zero-order valence-corrected chi connectivity index (χ0v) is 49.3. The number of carbonyl (C=O) groups excluding carboxylic acids is 3. The molecule has 6 unspecified atom stereocenters. The summed E-state index contributed by atoms with van der Waals surface area (Å²) in [7, 11) is 0. The van der Waals surface area contributed by atoms with Crippen molar-refractivity contribution in [2.24, 2.45) is 0 Å². The summed E-state index contributed by atoms with van der Waals surface area (Å²) in [6.45, 7) is 5.70. The molecule has 79 heavy (non-hydrogen) atoms. The van der Waals surface area contributed by atoms with Crippen LogP contribution in [0.1, 0.15) is 239 Å². The van der Waals surface area contributed by atoms with Gasteiger partial charge in [-0.05, 0) is 122 Å². The van der Waals surface area contributed by atoms with Gasteiger partial charge in [-0.15, -0.1) is 0 Å². The van der Waals surface area contributed by atoms with Crippen LogP contribution in [0.2, 0.25) is 0 Å². The lowest BCUT2D eigenvalue weighted by Crippen LogP contribution is -2.61. The van der Waals surface area contributed by atoms with Crippen LogP contribution in [-0.2, 0) is 42.9 Å². The Balaban J connectivity index is 2.69. The van der Waals surface area contributed by atoms with Gasteiger partial charge < -0.3 is 39.0 Å². The highest BCUT2D eigenvalue weighted by atomic mass is 16.7. The van der Waals surface area contributed by atoms with Crippen LogP contribution in [0.3, 0.4) is 0 Å². The molecule has 1 rings (SSSR count). The molecule has 448 valence electrons. The molecule has 1 aliphatic rings. The third kappa shape index (κ3) is 43.8. The predicted octanol–water partition coefficient (Wildman–Crippen LogP) is 16.2. The van der Waals surface area contributed by atoms with E-state index in [0.717, 1.165) is 154 Å². The van der Waals surface area contributed by atoms with Crippen molar-refractivity contribution >= 4 is 23.9 Å². The lowest BCUT2D eigenvalue weighted by atomic mass is 9.98. The first kappa shape index (κ1) is 72.4. The normalized spacial score (nSPS) is 18.6. The fourth-order valence-corrected chi connectivity index (χ4v) is 8.64. The van der Waals surface area contributed by atoms with Gasteiger partial charge in [0.25, 0.3) is 0 Å². The largest absolute Gasteiger partial charge is 0.479 e. The Kier molecular flexibility index (Phi) is 49.5. The molecule has 0 amide bonds. The molecule has 0 radical (unpaired) electrons. The number of carbonyl (C=O) groups is 4. The molecule has 0 aromatic carbocycles. The van der Waals surface area contributed by atoms with Crippen LogP contribution in [0.5, 0.6) is 0 Å². The molecule has 0 aromatic rings. The first-order chi connectivity index (χ1) is 38.6. The average Bonchev–Trinajstić information content (AvgIpc) is 3.46. The second kappa shape index (κ2) is 54.0. The zero-order chi connectivity index (χ0) is 57.5. The SMILES string of the molecule is CC/C=C\C/C=C\C/C=C\CCCCCCCCCC(=O)OC1C(OCC(COC(=O)CCCCCCCC/C=C\C/C=C\C/C=C\CCCCC)OC(=O)CCCCC/C=C\C/C=C\C/C=C\CC)OC(C(=O)O)C(O)C1O. The summed E-state index contributed by atoms with van der Waals surface area (Å²) in [6, 6.07) is 0. The Morgan fingerprint density at radius 2 is 0.797 bits per heavy atom. The van der Waals surface area contributed by atoms with E-state index in [0.29, 0.717) is 19.3 Å². The van der Waals surface area contributed by atoms with Crippen molar-refractivity contribution in [2.45, 2.75) is 276 Å². The van der Waals surface area contributed by atoms with Crippen molar-refractivity contribution in [3.05, 3.63) is 109 Å². The number of esters is 3. The van der Waals surface area contributed by atoms with E-state index in [9.17, 15) is 34.5 Å². The molecule has 6 atom stereocenters. The van der Waals surface area contributed by atoms with Crippen LogP contribution >= 0.6 is 0 Å². The predicted molar refractivity (Wildman–Crippen MR) is 321 cm³/mol. The molecular formula is C67H108O12. The highest BCUT2D eigenvalue weighted by molar-refractivity contribution is 5.74. The Labute approximate surface area is 478 Å². The average molecular weight is 1110 g/mol. The van der Waals surface area contributed by atoms with Gasteiger partial charge in [-0.3, -0.25) is 14.4 Å². The van der Waals surface area contributed by atoms with Gasteiger partial charge in [0.15, 0.2) is 24.6 Å². The van der Waals surface area contributed by atoms with Crippen LogP contribution < -0.4 is 0 Å². The van der Waals surface area contributed by atoms with Crippen LogP contribution in [0.25, 0.3) is 0 Å². The molecule has 12 nitrogen and oxygen atoms in total. The Morgan fingerprint density at radius 3 is 1.23 bits per heavy atom. The third-order valence-electron chi connectivity index (χ3n) is 13.3. The zero-order valence-electron chi connectivity index (χ0n) is 49.3. The summed E-state index contributed by atoms with van der Waals surface area (Å²) in [6.07, 6.45) is 60.5. The van der Waals surface area contributed by atoms with Crippen molar-refractivity contribution in [3.63, 3.8) is 0 Å². The maximum atomic E-state index is 13.1. The fraction of sp³-hybridized carbons (Fsp3) is 0.672. The molecule has 0 spiro atoms. The minimum atomic E-state index is -1.92. The van der Waals surface area contributed by atoms with Gasteiger partial charge in [0, 0.05) is 19.3 Å². The molecule has 0 saturated carbocycles. The maximum Gasteiger partial charge on any atom is 0.335 e. The van der Waals surface area contributed by atoms with Crippen LogP contribution in [-0.4, -0.2) is 89.2 Å². The molecule has 1 fully saturated rings. The number of rotatable bonds is 51. The standard InChI is InChI=1S/C67H108O12/c1-4-7-10-13-16-19-22-25-27-29-30-32-33-36-38-41-44-47-50-53-59(68)75-56-58(77-60(69)54-51-48-45-42-39-35-24-21-18-15-12-9-6-3)57-76-67-65(63(72)62(71)64(79-67)66(73)74)78-61(70)55-52-49-46-43-40-37-34-31-28-26-23-20-17-14-11-8-5-2/h8-9,11-12,16-21,25-28,30,32,35,39,58,62-65,67,71-72H,4-7,10,13-15,22-24,29,31,33-34,36-38,40-57H2,1-3H3,(H,73,74)/b11-8-,12-9-,19-16-,20-17-,21-18-,27-25-,28-26-,32-30-,39-35-. The lowest BCUT2D eigenvalue weighted by molar-refractivity contribution is -0.301. The minimum absolute atomic E-state index is 0.0391. The maximum absolute atomic E-state index is 13.1. The van der Waals surface area contributed by atoms with Crippen molar-refractivity contribution < 1.29 is 58.2 Å². The number of hydrogen-bond acceptors (Lipinski definition) is 11. The number of allylic oxidation sites excluding steroid dienone is 18. The smallest absolute Gasteiger partial charge is 0.335 e. The van der Waals surface area contributed by atoms with E-state index < -0.39 is 67.3 Å². The van der Waals surface area contributed by atoms with Gasteiger partial charge in [0.2, 0.25) is 0 Å². The summed E-state index contributed by atoms with van der Waals surface area (Å²) in [5.41, 5.74) is 0. The van der Waals surface area contributed by atoms with Crippen molar-refractivity contribution in [1.82, 2.24) is 0 Å². The summed E-state index contributed by atoms with van der Waals surface area (Å²) >= 11 is 0. The molecule has 0 aromatic heterocycles. The number of carboxylic acid groups (broad SMARTS) is 1. The van der Waals surface area contributed by atoms with Crippen molar-refractivity contribution in [2.75, 3.05) is 13.2 Å². The molecule has 1 saturated heterocycles. The first-order valence-electron chi connectivity index (χ1n) is 30.9. The second-order valence-corrected chi connectivity index (χ2v) is 20.6. The Morgan fingerprint density at radius 1 is 0.430 bits per heavy atom. The van der Waals surface area contributed by atoms with E-state index in [4.69, 9.17) is 23.7 Å². The van der Waals surface area contributed by atoms with Crippen LogP contribution in [0.4, 0.5) is 0 Å². The van der Waals surface area contributed by atoms with Crippen LogP contribution in [0, 0.1) is 0 Å². The van der Waals surface area contributed by atoms with Gasteiger partial charge in [0.05, 0.1) is 6.61 Å². The summed E-state index contributed by atoms with van der Waals surface area (Å²) in [5.74, 6) is -3.20. The quantitative estimate of drug-likeness (QED) is 0.0228. The van der Waals surface area contributed by atoms with Gasteiger partial charge in [0.1, 0.15) is 18.8 Å². The highest BCUT2D eigenvalue weighted by Crippen LogP contribution is 2.26. The number of aliphatic hydroxyl groups is 2. The number of hydrogen-bond donors (Lipinski definition) is 3. The summed E-state index contributed by atoms with van der Waals surface area (Å²) in [4.78, 5) is 51.2. The van der Waals surface area contributed by atoms with E-state index >= 15 is 0 Å². The monoisotopic (exact) mass is 1100 g/mol. The molecule has 1 aliphatic heterocycles. The van der Waals surface area contributed by atoms with Crippen molar-refractivity contribution in [1.29, 1.82) is 0 Å². The van der Waals surface area contributed by atoms with Gasteiger partial charge >= 0.3 is 23.9 Å². The summed E-state index contributed by atoms with van der Waals surface area (Å²) < 4.78 is 28.4. The summed E-state index contributed by atoms with van der Waals surface area (Å²) in [5, 5.41) is 31.5.